The van der Waals surface area contributed by atoms with Crippen molar-refractivity contribution in [2.75, 3.05) is 19.7 Å². The smallest absolute Gasteiger partial charge is 0.338 e. The summed E-state index contributed by atoms with van der Waals surface area (Å²) in [5.41, 5.74) is 0.961. The molecule has 0 bridgehead atoms. The molecule has 0 amide bonds. The van der Waals surface area contributed by atoms with Crippen molar-refractivity contribution in [2.45, 2.75) is 25.7 Å². The van der Waals surface area contributed by atoms with E-state index in [2.05, 4.69) is 4.98 Å². The predicted octanol–water partition coefficient (Wildman–Crippen LogP) is 2.39. The molecule has 1 aromatic carbocycles. The van der Waals surface area contributed by atoms with E-state index in [9.17, 15) is 18.0 Å². The molecule has 1 N–H and O–H groups in total. The number of aryl methyl sites for hydroxylation is 1. The van der Waals surface area contributed by atoms with Gasteiger partial charge in [0.05, 0.1) is 16.2 Å². The molecule has 2 aromatic rings. The van der Waals surface area contributed by atoms with Crippen molar-refractivity contribution in [3.05, 3.63) is 53.3 Å². The lowest BCUT2D eigenvalue weighted by atomic mass is 10.1. The Bertz CT molecular complexity index is 884. The Morgan fingerprint density at radius 1 is 1.15 bits per heavy atom. The van der Waals surface area contributed by atoms with E-state index in [0.29, 0.717) is 24.3 Å². The summed E-state index contributed by atoms with van der Waals surface area (Å²) >= 11 is 0. The molecule has 0 atom stereocenters. The molecule has 0 unspecified atom stereocenters. The van der Waals surface area contributed by atoms with Gasteiger partial charge in [-0.05, 0) is 36.8 Å². The monoisotopic (exact) mass is 378 g/mol. The van der Waals surface area contributed by atoms with Gasteiger partial charge in [0.2, 0.25) is 15.8 Å². The van der Waals surface area contributed by atoms with Gasteiger partial charge in [-0.1, -0.05) is 19.9 Å². The number of nitrogens with one attached hydrogen (secondary N) is 1. The fourth-order valence-electron chi connectivity index (χ4n) is 2.50. The minimum atomic E-state index is -3.70. The zero-order chi connectivity index (χ0) is 19.3. The molecular formula is C18H22N2O5S. The first kappa shape index (κ1) is 19.9. The van der Waals surface area contributed by atoms with Crippen LogP contribution in [0.2, 0.25) is 0 Å². The van der Waals surface area contributed by atoms with Crippen LogP contribution in [0.3, 0.4) is 0 Å². The molecular weight excluding hydrogens is 356 g/mol. The van der Waals surface area contributed by atoms with E-state index in [4.69, 9.17) is 4.74 Å². The summed E-state index contributed by atoms with van der Waals surface area (Å²) in [5, 5.41) is 0. The van der Waals surface area contributed by atoms with Crippen molar-refractivity contribution in [1.82, 2.24) is 9.29 Å². The van der Waals surface area contributed by atoms with Gasteiger partial charge in [-0.25, -0.2) is 13.2 Å². The molecule has 0 saturated carbocycles. The van der Waals surface area contributed by atoms with Gasteiger partial charge in [0, 0.05) is 19.3 Å². The molecule has 1 aromatic heterocycles. The summed E-state index contributed by atoms with van der Waals surface area (Å²) in [7, 11) is -3.70. The first-order valence-electron chi connectivity index (χ1n) is 8.25. The van der Waals surface area contributed by atoms with Crippen LogP contribution in [0, 0.1) is 6.92 Å². The highest BCUT2D eigenvalue weighted by Crippen LogP contribution is 2.21. The van der Waals surface area contributed by atoms with Crippen LogP contribution in [0.25, 0.3) is 0 Å². The fraction of sp³-hybridized carbons (Fsp3) is 0.333. The number of H-pyrrole nitrogens is 1. The standard InChI is InChI=1S/C18H22N2O5S/c1-4-20(5-2)26(23,24)17-11-14(9-8-13(17)3)18(22)25-12-16(21)15-7-6-10-19-15/h6-11,19H,4-5,12H2,1-3H3. The second-order valence-corrected chi connectivity index (χ2v) is 7.56. The number of hydrogen-bond acceptors (Lipinski definition) is 5. The quantitative estimate of drug-likeness (QED) is 0.562. The third-order valence-electron chi connectivity index (χ3n) is 3.98. The van der Waals surface area contributed by atoms with E-state index in [1.165, 1.54) is 16.4 Å². The highest BCUT2D eigenvalue weighted by atomic mass is 32.2. The minimum absolute atomic E-state index is 0.0614. The number of Topliss-reactive ketones (excluding diaryl/α,β-unsaturated/α-hetero) is 1. The lowest BCUT2D eigenvalue weighted by molar-refractivity contribution is 0.0473. The first-order chi connectivity index (χ1) is 12.3. The number of nitrogens with zero attached hydrogens (tertiary/aromatic N) is 1. The van der Waals surface area contributed by atoms with E-state index in [1.54, 1.807) is 45.2 Å². The summed E-state index contributed by atoms with van der Waals surface area (Å²) in [6.07, 6.45) is 1.60. The largest absolute Gasteiger partial charge is 0.454 e. The Kier molecular flexibility index (Phi) is 6.33. The molecule has 1 heterocycles. The number of rotatable bonds is 8. The number of carbonyl (C=O) groups excluding carboxylic acids is 2. The Morgan fingerprint density at radius 3 is 2.42 bits per heavy atom. The molecule has 0 fully saturated rings. The number of carbonyl (C=O) groups is 2. The Morgan fingerprint density at radius 2 is 1.85 bits per heavy atom. The fourth-order valence-corrected chi connectivity index (χ4v) is 4.21. The van der Waals surface area contributed by atoms with Crippen LogP contribution in [-0.2, 0) is 14.8 Å². The molecule has 0 aliphatic carbocycles. The van der Waals surface area contributed by atoms with E-state index >= 15 is 0 Å². The van der Waals surface area contributed by atoms with Gasteiger partial charge in [0.1, 0.15) is 0 Å². The molecule has 0 spiro atoms. The van der Waals surface area contributed by atoms with Gasteiger partial charge in [-0.15, -0.1) is 0 Å². The van der Waals surface area contributed by atoms with Crippen molar-refractivity contribution in [3.8, 4) is 0 Å². The third-order valence-corrected chi connectivity index (χ3v) is 6.17. The van der Waals surface area contributed by atoms with Crippen LogP contribution < -0.4 is 0 Å². The third kappa shape index (κ3) is 4.20. The van der Waals surface area contributed by atoms with Crippen LogP contribution in [0.5, 0.6) is 0 Å². The Hall–Kier alpha value is -2.45. The van der Waals surface area contributed by atoms with E-state index in [1.807, 2.05) is 0 Å². The van der Waals surface area contributed by atoms with Gasteiger partial charge in [-0.2, -0.15) is 4.31 Å². The lowest BCUT2D eigenvalue weighted by Gasteiger charge is -2.20. The number of aromatic amines is 1. The van der Waals surface area contributed by atoms with Gasteiger partial charge < -0.3 is 9.72 Å². The molecule has 2 rings (SSSR count). The zero-order valence-electron chi connectivity index (χ0n) is 15.0. The number of hydrogen-bond donors (Lipinski definition) is 1. The summed E-state index contributed by atoms with van der Waals surface area (Å²) < 4.78 is 31.8. The van der Waals surface area contributed by atoms with Crippen LogP contribution in [0.4, 0.5) is 0 Å². The maximum absolute atomic E-state index is 12.7. The Labute approximate surface area is 153 Å². The molecule has 26 heavy (non-hydrogen) atoms. The second kappa shape index (κ2) is 8.29. The van der Waals surface area contributed by atoms with Crippen molar-refractivity contribution in [2.24, 2.45) is 0 Å². The maximum atomic E-state index is 12.7. The number of benzene rings is 1. The van der Waals surface area contributed by atoms with Crippen LogP contribution in [0.1, 0.15) is 40.3 Å². The van der Waals surface area contributed by atoms with Crippen molar-refractivity contribution < 1.29 is 22.7 Å². The molecule has 7 nitrogen and oxygen atoms in total. The molecule has 0 radical (unpaired) electrons. The summed E-state index contributed by atoms with van der Waals surface area (Å²) in [5.74, 6) is -1.12. The molecule has 8 heteroatoms. The van der Waals surface area contributed by atoms with E-state index in [0.717, 1.165) is 0 Å². The maximum Gasteiger partial charge on any atom is 0.338 e. The van der Waals surface area contributed by atoms with Gasteiger partial charge in [0.25, 0.3) is 0 Å². The van der Waals surface area contributed by atoms with Gasteiger partial charge >= 0.3 is 5.97 Å². The predicted molar refractivity (Wildman–Crippen MR) is 96.7 cm³/mol. The molecule has 140 valence electrons. The molecule has 0 saturated heterocycles. The van der Waals surface area contributed by atoms with Crippen molar-refractivity contribution in [3.63, 3.8) is 0 Å². The normalized spacial score (nSPS) is 11.5. The Balaban J connectivity index is 2.20. The highest BCUT2D eigenvalue weighted by Gasteiger charge is 2.25. The van der Waals surface area contributed by atoms with E-state index in [-0.39, 0.29) is 16.2 Å². The van der Waals surface area contributed by atoms with Crippen LogP contribution in [-0.4, -0.2) is 49.2 Å². The van der Waals surface area contributed by atoms with Crippen molar-refractivity contribution >= 4 is 21.8 Å². The van der Waals surface area contributed by atoms with Gasteiger partial charge in [0.15, 0.2) is 6.61 Å². The van der Waals surface area contributed by atoms with E-state index < -0.39 is 22.6 Å². The first-order valence-corrected chi connectivity index (χ1v) is 9.69. The number of sulfonamides is 1. The minimum Gasteiger partial charge on any atom is -0.454 e. The summed E-state index contributed by atoms with van der Waals surface area (Å²) in [6.45, 7) is 5.40. The van der Waals surface area contributed by atoms with Crippen LogP contribution in [0.15, 0.2) is 41.4 Å². The number of ketones is 1. The number of aromatic nitrogens is 1. The average Bonchev–Trinajstić information content (AvgIpc) is 3.15. The average molecular weight is 378 g/mol. The number of esters is 1. The zero-order valence-corrected chi connectivity index (χ0v) is 15.8. The van der Waals surface area contributed by atoms with Crippen LogP contribution >= 0.6 is 0 Å². The highest BCUT2D eigenvalue weighted by molar-refractivity contribution is 7.89. The van der Waals surface area contributed by atoms with Gasteiger partial charge in [-0.3, -0.25) is 4.79 Å². The summed E-state index contributed by atoms with van der Waals surface area (Å²) in [4.78, 5) is 26.9. The SMILES string of the molecule is CCN(CC)S(=O)(=O)c1cc(C(=O)OCC(=O)c2ccc[nH]2)ccc1C. The van der Waals surface area contributed by atoms with Crippen molar-refractivity contribution in [1.29, 1.82) is 0 Å². The number of ether oxygens (including phenoxy) is 1. The second-order valence-electron chi connectivity index (χ2n) is 5.65. The summed E-state index contributed by atoms with van der Waals surface area (Å²) in [6, 6.07) is 7.58. The molecule has 0 aliphatic rings. The molecule has 0 aliphatic heterocycles. The lowest BCUT2D eigenvalue weighted by Crippen LogP contribution is -2.31. The topological polar surface area (TPSA) is 96.5 Å².